The van der Waals surface area contributed by atoms with Crippen molar-refractivity contribution in [1.82, 2.24) is 9.88 Å². The molecule has 0 saturated carbocycles. The van der Waals surface area contributed by atoms with Gasteiger partial charge in [0.25, 0.3) is 0 Å². The first-order valence-electron chi connectivity index (χ1n) is 7.01. The van der Waals surface area contributed by atoms with Gasteiger partial charge >= 0.3 is 0 Å². The van der Waals surface area contributed by atoms with E-state index >= 15 is 0 Å². The van der Waals surface area contributed by atoms with Crippen molar-refractivity contribution in [3.8, 4) is 0 Å². The Morgan fingerprint density at radius 3 is 2.75 bits per heavy atom. The van der Waals surface area contributed by atoms with E-state index in [0.717, 1.165) is 41.7 Å². The fourth-order valence-corrected chi connectivity index (χ4v) is 2.67. The second-order valence-electron chi connectivity index (χ2n) is 5.55. The van der Waals surface area contributed by atoms with Gasteiger partial charge in [-0.3, -0.25) is 0 Å². The summed E-state index contributed by atoms with van der Waals surface area (Å²) < 4.78 is 0. The molecule has 0 amide bonds. The van der Waals surface area contributed by atoms with Crippen molar-refractivity contribution in [3.63, 3.8) is 0 Å². The minimum absolute atomic E-state index is 0.236. The van der Waals surface area contributed by atoms with E-state index in [4.69, 9.17) is 5.73 Å². The molecule has 1 atom stereocenters. The quantitative estimate of drug-likeness (QED) is 0.796. The molecule has 1 aliphatic rings. The van der Waals surface area contributed by atoms with Crippen LogP contribution in [0.15, 0.2) is 24.3 Å². The molecule has 106 valence electrons. The molecule has 5 heteroatoms. The smallest absolute Gasteiger partial charge is 0.149 e. The van der Waals surface area contributed by atoms with Crippen molar-refractivity contribution in [2.24, 2.45) is 0 Å². The molecule has 0 aliphatic carbocycles. The van der Waals surface area contributed by atoms with E-state index in [1.54, 1.807) is 0 Å². The average molecular weight is 271 g/mol. The van der Waals surface area contributed by atoms with E-state index in [1.807, 2.05) is 18.2 Å². The predicted octanol–water partition coefficient (Wildman–Crippen LogP) is 2.32. The van der Waals surface area contributed by atoms with Crippen LogP contribution in [0.1, 0.15) is 12.8 Å². The maximum Gasteiger partial charge on any atom is 0.149 e. The number of benzene rings is 1. The van der Waals surface area contributed by atoms with Crippen molar-refractivity contribution in [2.75, 3.05) is 37.0 Å². The Hall–Kier alpha value is -2.01. The Morgan fingerprint density at radius 2 is 1.95 bits per heavy atom. The lowest BCUT2D eigenvalue weighted by molar-refractivity contribution is 0.391. The van der Waals surface area contributed by atoms with Crippen molar-refractivity contribution >= 4 is 28.1 Å². The van der Waals surface area contributed by atoms with E-state index < -0.39 is 0 Å². The van der Waals surface area contributed by atoms with Crippen LogP contribution in [0.3, 0.4) is 0 Å². The molecule has 2 aromatic rings. The molecule has 2 heterocycles. The number of aromatic nitrogens is 1. The van der Waals surface area contributed by atoms with Gasteiger partial charge in [-0.05, 0) is 39.5 Å². The lowest BCUT2D eigenvalue weighted by atomic mass is 10.1. The number of hydrogen-bond acceptors (Lipinski definition) is 5. The van der Waals surface area contributed by atoms with Crippen LogP contribution in [0.5, 0.6) is 0 Å². The van der Waals surface area contributed by atoms with Crippen LogP contribution in [0.25, 0.3) is 10.9 Å². The van der Waals surface area contributed by atoms with Crippen LogP contribution in [-0.2, 0) is 0 Å². The highest BCUT2D eigenvalue weighted by Crippen LogP contribution is 2.39. The zero-order valence-corrected chi connectivity index (χ0v) is 12.0. The molecule has 0 fully saturated rings. The third kappa shape index (κ3) is 2.36. The lowest BCUT2D eigenvalue weighted by Crippen LogP contribution is -2.24. The average Bonchev–Trinajstić information content (AvgIpc) is 2.83. The molecule has 0 spiro atoms. The van der Waals surface area contributed by atoms with Gasteiger partial charge in [0, 0.05) is 5.39 Å². The molecule has 0 radical (unpaired) electrons. The molecule has 5 nitrogen and oxygen atoms in total. The molecule has 0 saturated heterocycles. The second-order valence-corrected chi connectivity index (χ2v) is 5.55. The van der Waals surface area contributed by atoms with Gasteiger partial charge in [0.2, 0.25) is 0 Å². The zero-order valence-electron chi connectivity index (χ0n) is 12.0. The number of hydrogen-bond donors (Lipinski definition) is 3. The number of pyridine rings is 1. The molecular formula is C15H21N5. The summed E-state index contributed by atoms with van der Waals surface area (Å²) in [5.41, 5.74) is 9.02. The summed E-state index contributed by atoms with van der Waals surface area (Å²) in [6, 6.07) is 8.09. The van der Waals surface area contributed by atoms with Crippen LogP contribution in [0.4, 0.5) is 17.2 Å². The fraction of sp³-hybridized carbons (Fsp3) is 0.400. The van der Waals surface area contributed by atoms with Gasteiger partial charge in [0.05, 0.1) is 17.4 Å². The summed E-state index contributed by atoms with van der Waals surface area (Å²) in [6.07, 6.45) is 2.43. The summed E-state index contributed by atoms with van der Waals surface area (Å²) in [7, 11) is 4.19. The monoisotopic (exact) mass is 271 g/mol. The van der Waals surface area contributed by atoms with E-state index in [9.17, 15) is 0 Å². The SMILES string of the molecule is CN(C)CCCC1Nc2c(N)nc3ccccc3c2N1. The highest BCUT2D eigenvalue weighted by molar-refractivity contribution is 6.03. The first-order valence-corrected chi connectivity index (χ1v) is 7.01. The van der Waals surface area contributed by atoms with Gasteiger partial charge in [0.1, 0.15) is 11.5 Å². The number of nitrogens with one attached hydrogen (secondary N) is 2. The normalized spacial score (nSPS) is 17.1. The molecule has 0 bridgehead atoms. The number of anilines is 3. The highest BCUT2D eigenvalue weighted by Gasteiger charge is 2.24. The van der Waals surface area contributed by atoms with Crippen molar-refractivity contribution in [2.45, 2.75) is 19.0 Å². The molecule has 3 rings (SSSR count). The minimum Gasteiger partial charge on any atom is -0.382 e. The first kappa shape index (κ1) is 13.0. The number of nitrogens with zero attached hydrogens (tertiary/aromatic N) is 2. The third-order valence-electron chi connectivity index (χ3n) is 3.66. The highest BCUT2D eigenvalue weighted by atomic mass is 15.2. The van der Waals surface area contributed by atoms with Crippen molar-refractivity contribution in [1.29, 1.82) is 0 Å². The van der Waals surface area contributed by atoms with Crippen LogP contribution in [0.2, 0.25) is 0 Å². The fourth-order valence-electron chi connectivity index (χ4n) is 2.67. The van der Waals surface area contributed by atoms with Crippen LogP contribution >= 0.6 is 0 Å². The van der Waals surface area contributed by atoms with Crippen LogP contribution in [0, 0.1) is 0 Å². The van der Waals surface area contributed by atoms with E-state index in [0.29, 0.717) is 5.82 Å². The lowest BCUT2D eigenvalue weighted by Gasteiger charge is -2.14. The molecule has 4 N–H and O–H groups in total. The second kappa shape index (κ2) is 5.17. The standard InChI is InChI=1S/C15H21N5/c1-20(2)9-5-8-12-18-13-10-6-3-4-7-11(10)17-15(16)14(13)19-12/h3-4,6-7,12,18-19H,5,8-9H2,1-2H3,(H2,16,17). The molecule has 1 unspecified atom stereocenters. The van der Waals surface area contributed by atoms with Crippen LogP contribution in [-0.4, -0.2) is 36.7 Å². The van der Waals surface area contributed by atoms with Gasteiger partial charge in [0.15, 0.2) is 0 Å². The van der Waals surface area contributed by atoms with E-state index in [1.165, 1.54) is 0 Å². The largest absolute Gasteiger partial charge is 0.382 e. The predicted molar refractivity (Wildman–Crippen MR) is 85.0 cm³/mol. The van der Waals surface area contributed by atoms with E-state index in [2.05, 4.69) is 40.7 Å². The number of nitrogens with two attached hydrogens (primary N) is 1. The topological polar surface area (TPSA) is 66.2 Å². The number of fused-ring (bicyclic) bond motifs is 3. The third-order valence-corrected chi connectivity index (χ3v) is 3.66. The molecule has 1 aliphatic heterocycles. The Balaban J connectivity index is 1.82. The summed E-state index contributed by atoms with van der Waals surface area (Å²) in [5, 5.41) is 8.12. The Labute approximate surface area is 119 Å². The van der Waals surface area contributed by atoms with Gasteiger partial charge < -0.3 is 21.3 Å². The van der Waals surface area contributed by atoms with Crippen molar-refractivity contribution < 1.29 is 0 Å². The summed E-state index contributed by atoms with van der Waals surface area (Å²) >= 11 is 0. The van der Waals surface area contributed by atoms with Gasteiger partial charge in [-0.1, -0.05) is 18.2 Å². The molecule has 1 aromatic carbocycles. The Kier molecular flexibility index (Phi) is 3.36. The number of para-hydroxylation sites is 1. The van der Waals surface area contributed by atoms with Gasteiger partial charge in [-0.2, -0.15) is 0 Å². The van der Waals surface area contributed by atoms with Crippen molar-refractivity contribution in [3.05, 3.63) is 24.3 Å². The zero-order chi connectivity index (χ0) is 14.1. The summed E-state index contributed by atoms with van der Waals surface area (Å²) in [4.78, 5) is 6.66. The Bertz CT molecular complexity index is 623. The van der Waals surface area contributed by atoms with E-state index in [-0.39, 0.29) is 6.17 Å². The summed E-state index contributed by atoms with van der Waals surface area (Å²) in [5.74, 6) is 0.571. The van der Waals surface area contributed by atoms with Gasteiger partial charge in [-0.25, -0.2) is 4.98 Å². The molecular weight excluding hydrogens is 250 g/mol. The maximum absolute atomic E-state index is 6.06. The minimum atomic E-state index is 0.236. The summed E-state index contributed by atoms with van der Waals surface area (Å²) in [6.45, 7) is 1.09. The maximum atomic E-state index is 6.06. The number of rotatable bonds is 4. The van der Waals surface area contributed by atoms with Gasteiger partial charge in [-0.15, -0.1) is 0 Å². The number of nitrogen functional groups attached to an aromatic ring is 1. The Morgan fingerprint density at radius 1 is 1.20 bits per heavy atom. The molecule has 1 aromatic heterocycles. The first-order chi connectivity index (χ1) is 9.65. The van der Waals surface area contributed by atoms with Crippen LogP contribution < -0.4 is 16.4 Å². The molecule has 20 heavy (non-hydrogen) atoms.